The number of halogens is 1. The van der Waals surface area contributed by atoms with Gasteiger partial charge in [0.1, 0.15) is 4.60 Å². The van der Waals surface area contributed by atoms with Crippen molar-refractivity contribution in [1.29, 1.82) is 0 Å². The van der Waals surface area contributed by atoms with Crippen LogP contribution < -0.4 is 5.32 Å². The highest BCUT2D eigenvalue weighted by Gasteiger charge is 2.09. The number of nitrogens with zero attached hydrogens (tertiary/aromatic N) is 1. The third-order valence-electron chi connectivity index (χ3n) is 2.28. The van der Waals surface area contributed by atoms with Gasteiger partial charge in [0.05, 0.1) is 5.56 Å². The highest BCUT2D eigenvalue weighted by atomic mass is 79.9. The summed E-state index contributed by atoms with van der Waals surface area (Å²) in [7, 11) is 0. The largest absolute Gasteiger partial charge is 0.352 e. The van der Waals surface area contributed by atoms with Crippen molar-refractivity contribution in [3.05, 3.63) is 50.9 Å². The number of hydrogen-bond acceptors (Lipinski definition) is 3. The predicted octanol–water partition coefficient (Wildman–Crippen LogP) is 2.88. The fraction of sp³-hybridized carbons (Fsp3) is 0.167. The molecule has 0 bridgehead atoms. The summed E-state index contributed by atoms with van der Waals surface area (Å²) in [6.45, 7) is 0.636. The molecule has 3 nitrogen and oxygen atoms in total. The molecule has 2 rings (SSSR count). The average molecular weight is 311 g/mol. The van der Waals surface area contributed by atoms with E-state index in [-0.39, 0.29) is 5.91 Å². The van der Waals surface area contributed by atoms with E-state index >= 15 is 0 Å². The van der Waals surface area contributed by atoms with Gasteiger partial charge in [0.25, 0.3) is 5.91 Å². The summed E-state index contributed by atoms with van der Waals surface area (Å²) < 4.78 is 0.577. The molecule has 0 aromatic carbocycles. The molecule has 17 heavy (non-hydrogen) atoms. The summed E-state index contributed by atoms with van der Waals surface area (Å²) in [5.41, 5.74) is 1.82. The standard InChI is InChI=1S/C12H11BrN2OS/c13-11-10(2-1-5-14-11)12(16)15-6-3-9-4-7-17-8-9/h1-2,4-5,7-8H,3,6H2,(H,15,16). The quantitative estimate of drug-likeness (QED) is 0.882. The van der Waals surface area contributed by atoms with E-state index in [1.54, 1.807) is 29.7 Å². The van der Waals surface area contributed by atoms with Crippen LogP contribution in [0.1, 0.15) is 15.9 Å². The maximum atomic E-state index is 11.8. The number of thiophene rings is 1. The van der Waals surface area contributed by atoms with Crippen molar-refractivity contribution in [2.24, 2.45) is 0 Å². The first-order valence-electron chi connectivity index (χ1n) is 5.17. The molecule has 0 saturated heterocycles. The summed E-state index contributed by atoms with van der Waals surface area (Å²) in [5.74, 6) is -0.0970. The Bertz CT molecular complexity index is 499. The van der Waals surface area contributed by atoms with Crippen LogP contribution >= 0.6 is 27.3 Å². The number of carbonyl (C=O) groups is 1. The Morgan fingerprint density at radius 3 is 3.06 bits per heavy atom. The van der Waals surface area contributed by atoms with Gasteiger partial charge in [-0.15, -0.1) is 0 Å². The van der Waals surface area contributed by atoms with Crippen molar-refractivity contribution in [3.63, 3.8) is 0 Å². The summed E-state index contributed by atoms with van der Waals surface area (Å²) in [4.78, 5) is 15.8. The molecular formula is C12H11BrN2OS. The molecule has 88 valence electrons. The van der Waals surface area contributed by atoms with E-state index in [4.69, 9.17) is 0 Å². The molecule has 2 aromatic rings. The summed E-state index contributed by atoms with van der Waals surface area (Å²) >= 11 is 4.92. The molecule has 0 spiro atoms. The monoisotopic (exact) mass is 310 g/mol. The first kappa shape index (κ1) is 12.3. The van der Waals surface area contributed by atoms with E-state index in [0.29, 0.717) is 16.7 Å². The van der Waals surface area contributed by atoms with Gasteiger partial charge in [-0.05, 0) is 56.9 Å². The Balaban J connectivity index is 1.88. The van der Waals surface area contributed by atoms with Crippen molar-refractivity contribution in [2.45, 2.75) is 6.42 Å². The number of hydrogen-bond donors (Lipinski definition) is 1. The molecule has 0 fully saturated rings. The third-order valence-corrected chi connectivity index (χ3v) is 3.65. The fourth-order valence-electron chi connectivity index (χ4n) is 1.41. The lowest BCUT2D eigenvalue weighted by Gasteiger charge is -2.05. The molecule has 0 radical (unpaired) electrons. The Morgan fingerprint density at radius 2 is 2.35 bits per heavy atom. The van der Waals surface area contributed by atoms with Crippen molar-refractivity contribution < 1.29 is 4.79 Å². The number of aromatic nitrogens is 1. The molecule has 0 saturated carbocycles. The van der Waals surface area contributed by atoms with E-state index < -0.39 is 0 Å². The van der Waals surface area contributed by atoms with E-state index in [0.717, 1.165) is 6.42 Å². The number of pyridine rings is 1. The fourth-order valence-corrected chi connectivity index (χ4v) is 2.54. The van der Waals surface area contributed by atoms with E-state index in [9.17, 15) is 4.79 Å². The van der Waals surface area contributed by atoms with Gasteiger partial charge in [-0.2, -0.15) is 11.3 Å². The maximum absolute atomic E-state index is 11.8. The van der Waals surface area contributed by atoms with Crippen LogP contribution in [0.4, 0.5) is 0 Å². The summed E-state index contributed by atoms with van der Waals surface area (Å²) in [6.07, 6.45) is 2.50. The first-order valence-corrected chi connectivity index (χ1v) is 6.91. The van der Waals surface area contributed by atoms with Crippen molar-refractivity contribution in [2.75, 3.05) is 6.54 Å². The molecule has 1 amide bonds. The molecule has 1 N–H and O–H groups in total. The molecule has 2 heterocycles. The van der Waals surface area contributed by atoms with Crippen LogP contribution in [0, 0.1) is 0 Å². The molecule has 5 heteroatoms. The molecule has 0 aliphatic carbocycles. The third kappa shape index (κ3) is 3.38. The highest BCUT2D eigenvalue weighted by molar-refractivity contribution is 9.10. The molecule has 0 aliphatic heterocycles. The van der Waals surface area contributed by atoms with Crippen LogP contribution in [0.25, 0.3) is 0 Å². The lowest BCUT2D eigenvalue weighted by atomic mass is 10.2. The van der Waals surface area contributed by atoms with Gasteiger partial charge in [-0.3, -0.25) is 4.79 Å². The van der Waals surface area contributed by atoms with Crippen molar-refractivity contribution in [1.82, 2.24) is 10.3 Å². The molecular weight excluding hydrogens is 300 g/mol. The first-order chi connectivity index (χ1) is 8.27. The molecule has 2 aromatic heterocycles. The van der Waals surface area contributed by atoms with Crippen molar-refractivity contribution >= 4 is 33.2 Å². The van der Waals surface area contributed by atoms with Crippen LogP contribution in [0.15, 0.2) is 39.8 Å². The lowest BCUT2D eigenvalue weighted by molar-refractivity contribution is 0.0953. The van der Waals surface area contributed by atoms with E-state index in [2.05, 4.69) is 37.7 Å². The number of nitrogens with one attached hydrogen (secondary N) is 1. The zero-order valence-electron chi connectivity index (χ0n) is 9.02. The predicted molar refractivity (Wildman–Crippen MR) is 72.3 cm³/mol. The summed E-state index contributed by atoms with van der Waals surface area (Å²) in [5, 5.41) is 7.00. The Labute approximate surface area is 112 Å². The van der Waals surface area contributed by atoms with Gasteiger partial charge in [0, 0.05) is 12.7 Å². The molecule has 0 unspecified atom stereocenters. The van der Waals surface area contributed by atoms with Gasteiger partial charge >= 0.3 is 0 Å². The minimum Gasteiger partial charge on any atom is -0.352 e. The second-order valence-electron chi connectivity index (χ2n) is 3.48. The zero-order valence-corrected chi connectivity index (χ0v) is 11.4. The molecule has 0 aliphatic rings. The van der Waals surface area contributed by atoms with Gasteiger partial charge < -0.3 is 5.32 Å². The highest BCUT2D eigenvalue weighted by Crippen LogP contribution is 2.12. The van der Waals surface area contributed by atoms with Gasteiger partial charge in [0.15, 0.2) is 0 Å². The Hall–Kier alpha value is -1.20. The normalized spacial score (nSPS) is 10.2. The van der Waals surface area contributed by atoms with Crippen molar-refractivity contribution in [3.8, 4) is 0 Å². The van der Waals surface area contributed by atoms with Gasteiger partial charge in [0.2, 0.25) is 0 Å². The Kier molecular flexibility index (Phi) is 4.28. The summed E-state index contributed by atoms with van der Waals surface area (Å²) in [6, 6.07) is 5.56. The number of rotatable bonds is 4. The minimum absolute atomic E-state index is 0.0970. The van der Waals surface area contributed by atoms with E-state index in [1.807, 2.05) is 5.38 Å². The smallest absolute Gasteiger partial charge is 0.254 e. The minimum atomic E-state index is -0.0970. The van der Waals surface area contributed by atoms with Gasteiger partial charge in [-0.1, -0.05) is 0 Å². The number of carbonyl (C=O) groups excluding carboxylic acids is 1. The van der Waals surface area contributed by atoms with Crippen LogP contribution in [-0.2, 0) is 6.42 Å². The van der Waals surface area contributed by atoms with Crippen LogP contribution in [0.5, 0.6) is 0 Å². The number of amides is 1. The second kappa shape index (κ2) is 5.93. The molecule has 0 atom stereocenters. The SMILES string of the molecule is O=C(NCCc1ccsc1)c1cccnc1Br. The van der Waals surface area contributed by atoms with Crippen LogP contribution in [-0.4, -0.2) is 17.4 Å². The second-order valence-corrected chi connectivity index (χ2v) is 5.01. The average Bonchev–Trinajstić information content (AvgIpc) is 2.82. The van der Waals surface area contributed by atoms with Crippen LogP contribution in [0.3, 0.4) is 0 Å². The lowest BCUT2D eigenvalue weighted by Crippen LogP contribution is -2.26. The Morgan fingerprint density at radius 1 is 1.47 bits per heavy atom. The van der Waals surface area contributed by atoms with E-state index in [1.165, 1.54) is 5.56 Å². The van der Waals surface area contributed by atoms with Crippen LogP contribution in [0.2, 0.25) is 0 Å². The van der Waals surface area contributed by atoms with Gasteiger partial charge in [-0.25, -0.2) is 4.98 Å². The topological polar surface area (TPSA) is 42.0 Å². The maximum Gasteiger partial charge on any atom is 0.254 e. The zero-order chi connectivity index (χ0) is 12.1.